The first-order valence-corrected chi connectivity index (χ1v) is 6.93. The summed E-state index contributed by atoms with van der Waals surface area (Å²) in [6.45, 7) is 1.95. The molecule has 86 valence electrons. The van der Waals surface area contributed by atoms with E-state index in [1.54, 1.807) is 11.3 Å². The molecule has 0 saturated heterocycles. The Kier molecular flexibility index (Phi) is 2.66. The first-order valence-electron chi connectivity index (χ1n) is 5.28. The summed E-state index contributed by atoms with van der Waals surface area (Å²) in [7, 11) is 0. The summed E-state index contributed by atoms with van der Waals surface area (Å²) in [5.74, 6) is 0. The number of fused-ring (bicyclic) bond motifs is 1. The highest BCUT2D eigenvalue weighted by Gasteiger charge is 2.17. The van der Waals surface area contributed by atoms with Crippen LogP contribution in [0, 0.1) is 6.92 Å². The van der Waals surface area contributed by atoms with E-state index in [9.17, 15) is 0 Å². The highest BCUT2D eigenvalue weighted by atomic mass is 32.1. The van der Waals surface area contributed by atoms with E-state index in [-0.39, 0.29) is 6.04 Å². The summed E-state index contributed by atoms with van der Waals surface area (Å²) in [5.41, 5.74) is 8.41. The zero-order chi connectivity index (χ0) is 11.8. The summed E-state index contributed by atoms with van der Waals surface area (Å²) in [6, 6.07) is 8.24. The number of benzene rings is 1. The van der Waals surface area contributed by atoms with Gasteiger partial charge in [-0.1, -0.05) is 22.7 Å². The normalized spacial score (nSPS) is 13.1. The maximum Gasteiger partial charge on any atom is 0.0776 e. The summed E-state index contributed by atoms with van der Waals surface area (Å²) in [5, 5.41) is 7.37. The smallest absolute Gasteiger partial charge is 0.0776 e. The van der Waals surface area contributed by atoms with Crippen LogP contribution in [0.3, 0.4) is 0 Å². The third-order valence-electron chi connectivity index (χ3n) is 2.81. The van der Waals surface area contributed by atoms with E-state index in [0.29, 0.717) is 0 Å². The Morgan fingerprint density at radius 3 is 2.94 bits per heavy atom. The third-order valence-corrected chi connectivity index (χ3v) is 4.70. The molecule has 2 aromatic heterocycles. The van der Waals surface area contributed by atoms with Gasteiger partial charge in [-0.25, -0.2) is 0 Å². The predicted molar refractivity (Wildman–Crippen MR) is 72.5 cm³/mol. The quantitative estimate of drug-likeness (QED) is 0.771. The number of nitrogens with two attached hydrogens (primary N) is 1. The van der Waals surface area contributed by atoms with Gasteiger partial charge >= 0.3 is 0 Å². The Morgan fingerprint density at radius 2 is 2.18 bits per heavy atom. The molecule has 3 nitrogen and oxygen atoms in total. The highest BCUT2D eigenvalue weighted by molar-refractivity contribution is 7.17. The number of nitrogens with zero attached hydrogens (tertiary/aromatic N) is 2. The lowest BCUT2D eigenvalue weighted by Crippen LogP contribution is -2.11. The number of aromatic nitrogens is 2. The summed E-state index contributed by atoms with van der Waals surface area (Å²) in [4.78, 5) is 1.05. The van der Waals surface area contributed by atoms with Crippen LogP contribution in [0.4, 0.5) is 0 Å². The highest BCUT2D eigenvalue weighted by Crippen LogP contribution is 2.32. The topological polar surface area (TPSA) is 51.8 Å². The first kappa shape index (κ1) is 10.8. The molecule has 0 radical (unpaired) electrons. The lowest BCUT2D eigenvalue weighted by atomic mass is 10.0. The van der Waals surface area contributed by atoms with Gasteiger partial charge in [0.15, 0.2) is 0 Å². The SMILES string of the molecule is Cc1nnsc1C(N)c1cccc2ccsc12. The molecule has 2 N–H and O–H groups in total. The van der Waals surface area contributed by atoms with Gasteiger partial charge in [0.2, 0.25) is 0 Å². The van der Waals surface area contributed by atoms with Crippen molar-refractivity contribution in [3.05, 3.63) is 45.8 Å². The van der Waals surface area contributed by atoms with Crippen LogP contribution in [0.15, 0.2) is 29.6 Å². The van der Waals surface area contributed by atoms with Crippen LogP contribution in [0.5, 0.6) is 0 Å². The molecule has 0 aliphatic rings. The van der Waals surface area contributed by atoms with Crippen LogP contribution in [-0.4, -0.2) is 9.59 Å². The van der Waals surface area contributed by atoms with E-state index in [4.69, 9.17) is 5.73 Å². The first-order chi connectivity index (χ1) is 8.27. The van der Waals surface area contributed by atoms with Crippen molar-refractivity contribution in [2.45, 2.75) is 13.0 Å². The third kappa shape index (κ3) is 1.76. The molecular weight excluding hydrogens is 250 g/mol. The fourth-order valence-electron chi connectivity index (χ4n) is 1.93. The number of rotatable bonds is 2. The molecule has 3 aromatic rings. The molecule has 2 heterocycles. The number of thiophene rings is 1. The standard InChI is InChI=1S/C12H11N3S2/c1-7-11(17-15-14-7)10(13)9-4-2-3-8-5-6-16-12(8)9/h2-6,10H,13H2,1H3. The fraction of sp³-hybridized carbons (Fsp3) is 0.167. The minimum absolute atomic E-state index is 0.127. The van der Waals surface area contributed by atoms with E-state index in [1.807, 2.05) is 13.0 Å². The molecule has 1 unspecified atom stereocenters. The fourth-order valence-corrected chi connectivity index (χ4v) is 3.54. The Labute approximate surface area is 107 Å². The lowest BCUT2D eigenvalue weighted by Gasteiger charge is -2.11. The van der Waals surface area contributed by atoms with Crippen molar-refractivity contribution in [2.75, 3.05) is 0 Å². The molecule has 3 rings (SSSR count). The summed E-state index contributed by atoms with van der Waals surface area (Å²) >= 11 is 3.11. The van der Waals surface area contributed by atoms with Crippen molar-refractivity contribution in [1.82, 2.24) is 9.59 Å². The summed E-state index contributed by atoms with van der Waals surface area (Å²) < 4.78 is 5.21. The van der Waals surface area contributed by atoms with Crippen LogP contribution in [0.2, 0.25) is 0 Å². The van der Waals surface area contributed by atoms with E-state index in [1.165, 1.54) is 21.6 Å². The van der Waals surface area contributed by atoms with Gasteiger partial charge < -0.3 is 5.73 Å². The van der Waals surface area contributed by atoms with Gasteiger partial charge in [-0.15, -0.1) is 16.4 Å². The molecule has 1 atom stereocenters. The second-order valence-corrected chi connectivity index (χ2v) is 5.59. The van der Waals surface area contributed by atoms with Gasteiger partial charge in [-0.05, 0) is 40.9 Å². The Balaban J connectivity index is 2.15. The maximum atomic E-state index is 6.32. The second kappa shape index (κ2) is 4.18. The molecule has 17 heavy (non-hydrogen) atoms. The van der Waals surface area contributed by atoms with Crippen molar-refractivity contribution in [3.8, 4) is 0 Å². The van der Waals surface area contributed by atoms with Crippen LogP contribution in [0.1, 0.15) is 22.2 Å². The zero-order valence-electron chi connectivity index (χ0n) is 9.25. The van der Waals surface area contributed by atoms with Crippen LogP contribution in [0.25, 0.3) is 10.1 Å². The van der Waals surface area contributed by atoms with Crippen molar-refractivity contribution < 1.29 is 0 Å². The monoisotopic (exact) mass is 261 g/mol. The molecule has 0 aliphatic carbocycles. The molecule has 0 spiro atoms. The summed E-state index contributed by atoms with van der Waals surface area (Å²) in [6.07, 6.45) is 0. The van der Waals surface area contributed by atoms with E-state index < -0.39 is 0 Å². The number of hydrogen-bond donors (Lipinski definition) is 1. The van der Waals surface area contributed by atoms with Gasteiger partial charge in [0.25, 0.3) is 0 Å². The predicted octanol–water partition coefficient (Wildman–Crippen LogP) is 3.11. The average Bonchev–Trinajstić information content (AvgIpc) is 2.95. The molecule has 5 heteroatoms. The maximum absolute atomic E-state index is 6.32. The van der Waals surface area contributed by atoms with Gasteiger partial charge in [-0.2, -0.15) is 0 Å². The van der Waals surface area contributed by atoms with Crippen LogP contribution < -0.4 is 5.73 Å². The molecule has 0 amide bonds. The van der Waals surface area contributed by atoms with Gasteiger partial charge in [0.05, 0.1) is 16.6 Å². The van der Waals surface area contributed by atoms with Gasteiger partial charge in [0, 0.05) is 4.70 Å². The molecule has 0 aliphatic heterocycles. The number of aryl methyl sites for hydroxylation is 1. The number of hydrogen-bond acceptors (Lipinski definition) is 5. The average molecular weight is 261 g/mol. The molecule has 1 aromatic carbocycles. The second-order valence-electron chi connectivity index (χ2n) is 3.89. The minimum Gasteiger partial charge on any atom is -0.319 e. The molecule has 0 fully saturated rings. The Bertz CT molecular complexity index is 656. The zero-order valence-corrected chi connectivity index (χ0v) is 10.9. The van der Waals surface area contributed by atoms with Gasteiger partial charge in [0.1, 0.15) is 0 Å². The lowest BCUT2D eigenvalue weighted by molar-refractivity contribution is 0.884. The van der Waals surface area contributed by atoms with E-state index in [2.05, 4.69) is 33.2 Å². The van der Waals surface area contributed by atoms with E-state index in [0.717, 1.165) is 16.1 Å². The minimum atomic E-state index is -0.127. The molecular formula is C12H11N3S2. The van der Waals surface area contributed by atoms with Crippen molar-refractivity contribution in [2.24, 2.45) is 5.73 Å². The van der Waals surface area contributed by atoms with Crippen LogP contribution in [-0.2, 0) is 0 Å². The molecule has 0 saturated carbocycles. The Hall–Kier alpha value is -1.30. The van der Waals surface area contributed by atoms with Crippen molar-refractivity contribution in [3.63, 3.8) is 0 Å². The van der Waals surface area contributed by atoms with Crippen LogP contribution >= 0.6 is 22.9 Å². The Morgan fingerprint density at radius 1 is 1.29 bits per heavy atom. The van der Waals surface area contributed by atoms with Crippen molar-refractivity contribution in [1.29, 1.82) is 0 Å². The molecule has 0 bridgehead atoms. The van der Waals surface area contributed by atoms with Gasteiger partial charge in [-0.3, -0.25) is 0 Å². The largest absolute Gasteiger partial charge is 0.319 e. The van der Waals surface area contributed by atoms with E-state index >= 15 is 0 Å². The van der Waals surface area contributed by atoms with Crippen molar-refractivity contribution >= 4 is 33.0 Å².